The molecule has 0 bridgehead atoms. The standard InChI is InChI=1S/C25H31N3O5S/c1-5-32-21-11-10-18(13-22(21)33-6-2)26-23(29)16-27(3)25(31)17-12-24(30)28(15-17)19-8-7-9-20(14-19)34-4/h7-11,13-14,17H,5-6,12,15-16H2,1-4H3,(H,26,29)/t17-/m1/s1. The molecule has 2 aromatic carbocycles. The van der Waals surface area contributed by atoms with Crippen molar-refractivity contribution < 1.29 is 23.9 Å². The van der Waals surface area contributed by atoms with Crippen molar-refractivity contribution in [1.29, 1.82) is 0 Å². The Bertz CT molecular complexity index is 1040. The quantitative estimate of drug-likeness (QED) is 0.517. The molecule has 0 unspecified atom stereocenters. The number of rotatable bonds is 10. The summed E-state index contributed by atoms with van der Waals surface area (Å²) in [5.74, 6) is 0.00504. The Hall–Kier alpha value is -3.20. The summed E-state index contributed by atoms with van der Waals surface area (Å²) in [4.78, 5) is 42.2. The van der Waals surface area contributed by atoms with Crippen molar-refractivity contribution in [2.24, 2.45) is 5.92 Å². The van der Waals surface area contributed by atoms with Gasteiger partial charge in [0, 0.05) is 42.3 Å². The first-order chi connectivity index (χ1) is 16.4. The van der Waals surface area contributed by atoms with Crippen LogP contribution < -0.4 is 19.7 Å². The highest BCUT2D eigenvalue weighted by atomic mass is 32.2. The minimum absolute atomic E-state index is 0.0905. The number of carbonyl (C=O) groups is 3. The number of amides is 3. The first-order valence-electron chi connectivity index (χ1n) is 11.2. The molecule has 1 N–H and O–H groups in total. The van der Waals surface area contributed by atoms with Gasteiger partial charge in [0.1, 0.15) is 0 Å². The first-order valence-corrected chi connectivity index (χ1v) is 12.5. The van der Waals surface area contributed by atoms with E-state index >= 15 is 0 Å². The number of hydrogen-bond donors (Lipinski definition) is 1. The number of nitrogens with one attached hydrogen (secondary N) is 1. The molecule has 1 atom stereocenters. The molecule has 8 nitrogen and oxygen atoms in total. The minimum atomic E-state index is -0.488. The Kier molecular flexibility index (Phi) is 8.81. The number of ether oxygens (including phenoxy) is 2. The summed E-state index contributed by atoms with van der Waals surface area (Å²) in [5, 5.41) is 2.79. The fraction of sp³-hybridized carbons (Fsp3) is 0.400. The fourth-order valence-electron chi connectivity index (χ4n) is 3.84. The summed E-state index contributed by atoms with van der Waals surface area (Å²) in [6.45, 7) is 4.91. The summed E-state index contributed by atoms with van der Waals surface area (Å²) < 4.78 is 11.1. The maximum atomic E-state index is 13.0. The van der Waals surface area contributed by atoms with Gasteiger partial charge < -0.3 is 24.6 Å². The van der Waals surface area contributed by atoms with Crippen LogP contribution in [0, 0.1) is 5.92 Å². The van der Waals surface area contributed by atoms with Gasteiger partial charge in [-0.2, -0.15) is 0 Å². The van der Waals surface area contributed by atoms with Crippen molar-refractivity contribution in [2.75, 3.05) is 49.8 Å². The van der Waals surface area contributed by atoms with Crippen molar-refractivity contribution >= 4 is 40.9 Å². The van der Waals surface area contributed by atoms with Crippen LogP contribution in [0.15, 0.2) is 47.4 Å². The molecule has 3 amide bonds. The van der Waals surface area contributed by atoms with Crippen LogP contribution in [0.25, 0.3) is 0 Å². The molecule has 1 fully saturated rings. The minimum Gasteiger partial charge on any atom is -0.490 e. The van der Waals surface area contributed by atoms with Crippen LogP contribution in [0.1, 0.15) is 20.3 Å². The fourth-order valence-corrected chi connectivity index (χ4v) is 4.29. The molecule has 2 aromatic rings. The van der Waals surface area contributed by atoms with E-state index in [2.05, 4.69) is 5.32 Å². The Balaban J connectivity index is 1.59. The van der Waals surface area contributed by atoms with Crippen LogP contribution in [0.3, 0.4) is 0 Å². The van der Waals surface area contributed by atoms with E-state index in [0.29, 0.717) is 36.9 Å². The van der Waals surface area contributed by atoms with E-state index in [9.17, 15) is 14.4 Å². The van der Waals surface area contributed by atoms with Gasteiger partial charge >= 0.3 is 0 Å². The lowest BCUT2D eigenvalue weighted by atomic mass is 10.1. The van der Waals surface area contributed by atoms with E-state index in [1.165, 1.54) is 4.90 Å². The summed E-state index contributed by atoms with van der Waals surface area (Å²) >= 11 is 1.60. The monoisotopic (exact) mass is 485 g/mol. The van der Waals surface area contributed by atoms with Crippen LogP contribution in [0.2, 0.25) is 0 Å². The van der Waals surface area contributed by atoms with E-state index < -0.39 is 5.92 Å². The highest BCUT2D eigenvalue weighted by molar-refractivity contribution is 7.98. The second-order valence-corrected chi connectivity index (χ2v) is 8.76. The molecule has 3 rings (SSSR count). The Labute approximate surface area is 204 Å². The number of hydrogen-bond acceptors (Lipinski definition) is 6. The zero-order valence-corrected chi connectivity index (χ0v) is 20.8. The molecule has 0 saturated carbocycles. The van der Waals surface area contributed by atoms with Crippen molar-refractivity contribution in [3.63, 3.8) is 0 Å². The summed E-state index contributed by atoms with van der Waals surface area (Å²) in [7, 11) is 1.58. The number of benzene rings is 2. The Morgan fingerprint density at radius 3 is 2.56 bits per heavy atom. The zero-order valence-electron chi connectivity index (χ0n) is 20.0. The van der Waals surface area contributed by atoms with Crippen molar-refractivity contribution in [3.8, 4) is 11.5 Å². The van der Waals surface area contributed by atoms with Crippen LogP contribution >= 0.6 is 11.8 Å². The van der Waals surface area contributed by atoms with Gasteiger partial charge in [-0.3, -0.25) is 14.4 Å². The van der Waals surface area contributed by atoms with Gasteiger partial charge in [0.15, 0.2) is 11.5 Å². The average molecular weight is 486 g/mol. The normalized spacial score (nSPS) is 15.2. The number of nitrogens with zero attached hydrogens (tertiary/aromatic N) is 2. The van der Waals surface area contributed by atoms with E-state index in [1.807, 2.05) is 44.4 Å². The summed E-state index contributed by atoms with van der Waals surface area (Å²) in [6, 6.07) is 12.9. The number of thioether (sulfide) groups is 1. The van der Waals surface area contributed by atoms with Gasteiger partial charge in [-0.1, -0.05) is 6.07 Å². The molecule has 1 aliphatic rings. The van der Waals surface area contributed by atoms with E-state index in [-0.39, 0.29) is 30.7 Å². The molecule has 34 heavy (non-hydrogen) atoms. The summed E-state index contributed by atoms with van der Waals surface area (Å²) in [5.41, 5.74) is 1.33. The third-order valence-electron chi connectivity index (χ3n) is 5.42. The zero-order chi connectivity index (χ0) is 24.7. The molecule has 182 valence electrons. The highest BCUT2D eigenvalue weighted by Gasteiger charge is 2.36. The van der Waals surface area contributed by atoms with E-state index in [1.54, 1.807) is 41.9 Å². The molecule has 1 heterocycles. The molecule has 9 heteroatoms. The SMILES string of the molecule is CCOc1ccc(NC(=O)CN(C)C(=O)[C@@H]2CC(=O)N(c3cccc(SC)c3)C2)cc1OCC. The van der Waals surface area contributed by atoms with E-state index in [4.69, 9.17) is 9.47 Å². The van der Waals surface area contributed by atoms with Gasteiger partial charge in [0.25, 0.3) is 0 Å². The largest absolute Gasteiger partial charge is 0.490 e. The highest BCUT2D eigenvalue weighted by Crippen LogP contribution is 2.31. The molecular formula is C25H31N3O5S. The lowest BCUT2D eigenvalue weighted by molar-refractivity contribution is -0.137. The summed E-state index contributed by atoms with van der Waals surface area (Å²) in [6.07, 6.45) is 2.10. The van der Waals surface area contributed by atoms with Crippen LogP contribution in [0.5, 0.6) is 11.5 Å². The Morgan fingerprint density at radius 2 is 1.85 bits per heavy atom. The molecule has 1 aliphatic heterocycles. The number of carbonyl (C=O) groups excluding carboxylic acids is 3. The van der Waals surface area contributed by atoms with Crippen LogP contribution in [-0.2, 0) is 14.4 Å². The third-order valence-corrected chi connectivity index (χ3v) is 6.15. The molecule has 0 radical (unpaired) electrons. The maximum Gasteiger partial charge on any atom is 0.243 e. The predicted molar refractivity (Wildman–Crippen MR) is 134 cm³/mol. The van der Waals surface area contributed by atoms with Gasteiger partial charge in [-0.05, 0) is 50.4 Å². The maximum absolute atomic E-state index is 13.0. The Morgan fingerprint density at radius 1 is 1.12 bits per heavy atom. The lowest BCUT2D eigenvalue weighted by Gasteiger charge is -2.21. The molecule has 0 aromatic heterocycles. The van der Waals surface area contributed by atoms with Crippen LogP contribution in [-0.4, -0.2) is 62.2 Å². The second kappa shape index (κ2) is 11.8. The van der Waals surface area contributed by atoms with Crippen LogP contribution in [0.4, 0.5) is 11.4 Å². The van der Waals surface area contributed by atoms with E-state index in [0.717, 1.165) is 10.6 Å². The number of anilines is 2. The van der Waals surface area contributed by atoms with Crippen molar-refractivity contribution in [2.45, 2.75) is 25.2 Å². The smallest absolute Gasteiger partial charge is 0.243 e. The number of likely N-dealkylation sites (N-methyl/N-ethyl adjacent to an activating group) is 1. The molecule has 0 spiro atoms. The van der Waals surface area contributed by atoms with Crippen molar-refractivity contribution in [3.05, 3.63) is 42.5 Å². The molecule has 0 aliphatic carbocycles. The van der Waals surface area contributed by atoms with Gasteiger partial charge in [-0.15, -0.1) is 11.8 Å². The molecular weight excluding hydrogens is 454 g/mol. The second-order valence-electron chi connectivity index (χ2n) is 7.88. The average Bonchev–Trinajstić information content (AvgIpc) is 3.22. The lowest BCUT2D eigenvalue weighted by Crippen LogP contribution is -2.39. The van der Waals surface area contributed by atoms with Gasteiger partial charge in [0.2, 0.25) is 17.7 Å². The first kappa shape index (κ1) is 25.4. The third kappa shape index (κ3) is 6.22. The van der Waals surface area contributed by atoms with Gasteiger partial charge in [0.05, 0.1) is 25.7 Å². The topological polar surface area (TPSA) is 88.2 Å². The molecule has 1 saturated heterocycles. The van der Waals surface area contributed by atoms with Crippen molar-refractivity contribution in [1.82, 2.24) is 4.90 Å². The predicted octanol–water partition coefficient (Wildman–Crippen LogP) is 3.66. The van der Waals surface area contributed by atoms with Gasteiger partial charge in [-0.25, -0.2) is 0 Å².